The van der Waals surface area contributed by atoms with Crippen LogP contribution in [0, 0.1) is 6.92 Å². The Balaban J connectivity index is 1.39. The lowest BCUT2D eigenvalue weighted by Gasteiger charge is -2.28. The molecule has 3 aromatic rings. The van der Waals surface area contributed by atoms with E-state index in [1.807, 2.05) is 43.3 Å². The number of aliphatic imine (C=N–C) groups is 1. The molecule has 1 amide bonds. The van der Waals surface area contributed by atoms with Crippen LogP contribution >= 0.6 is 11.6 Å². The van der Waals surface area contributed by atoms with E-state index in [1.54, 1.807) is 18.3 Å². The zero-order valence-electron chi connectivity index (χ0n) is 19.8. The van der Waals surface area contributed by atoms with Crippen molar-refractivity contribution in [2.75, 3.05) is 50.2 Å². The third-order valence-electron chi connectivity index (χ3n) is 5.52. The number of morpholine rings is 1. The van der Waals surface area contributed by atoms with E-state index < -0.39 is 0 Å². The van der Waals surface area contributed by atoms with Gasteiger partial charge in [0.25, 0.3) is 5.91 Å². The molecule has 0 saturated carbocycles. The fraction of sp³-hybridized carbons (Fsp3) is 0.259. The molecule has 7 nitrogen and oxygen atoms in total. The highest BCUT2D eigenvalue weighted by atomic mass is 35.5. The molecule has 1 saturated heterocycles. The van der Waals surface area contributed by atoms with E-state index in [4.69, 9.17) is 25.8 Å². The number of anilines is 2. The van der Waals surface area contributed by atoms with Crippen molar-refractivity contribution in [2.45, 2.75) is 6.92 Å². The van der Waals surface area contributed by atoms with Gasteiger partial charge in [-0.2, -0.15) is 0 Å². The number of aryl methyl sites for hydroxylation is 1. The lowest BCUT2D eigenvalue weighted by Crippen LogP contribution is -2.36. The summed E-state index contributed by atoms with van der Waals surface area (Å²) in [6, 6.07) is 19.1. The summed E-state index contributed by atoms with van der Waals surface area (Å²) in [5.41, 5.74) is 4.55. The molecule has 0 aliphatic carbocycles. The number of halogens is 1. The van der Waals surface area contributed by atoms with Gasteiger partial charge in [-0.3, -0.25) is 9.79 Å². The Kier molecular flexibility index (Phi) is 8.23. The Labute approximate surface area is 210 Å². The molecule has 182 valence electrons. The van der Waals surface area contributed by atoms with Gasteiger partial charge < -0.3 is 24.4 Å². The van der Waals surface area contributed by atoms with Crippen molar-refractivity contribution in [1.82, 2.24) is 0 Å². The van der Waals surface area contributed by atoms with Gasteiger partial charge >= 0.3 is 0 Å². The molecule has 1 N–H and O–H groups in total. The van der Waals surface area contributed by atoms with Crippen LogP contribution in [0.25, 0.3) is 0 Å². The van der Waals surface area contributed by atoms with Gasteiger partial charge in [-0.25, -0.2) is 0 Å². The summed E-state index contributed by atoms with van der Waals surface area (Å²) >= 11 is 6.45. The number of ether oxygens (including phenoxy) is 3. The maximum Gasteiger partial charge on any atom is 0.262 e. The van der Waals surface area contributed by atoms with Crippen molar-refractivity contribution in [1.29, 1.82) is 0 Å². The second-order valence-corrected chi connectivity index (χ2v) is 8.52. The van der Waals surface area contributed by atoms with Gasteiger partial charge in [0.2, 0.25) is 0 Å². The molecule has 0 spiro atoms. The van der Waals surface area contributed by atoms with Crippen LogP contribution in [0.3, 0.4) is 0 Å². The Morgan fingerprint density at radius 3 is 2.51 bits per heavy atom. The van der Waals surface area contributed by atoms with Gasteiger partial charge in [0.1, 0.15) is 0 Å². The number of amides is 1. The predicted molar refractivity (Wildman–Crippen MR) is 140 cm³/mol. The minimum Gasteiger partial charge on any atom is -0.493 e. The largest absolute Gasteiger partial charge is 0.493 e. The molecule has 1 aliphatic rings. The third kappa shape index (κ3) is 6.74. The van der Waals surface area contributed by atoms with Crippen molar-refractivity contribution >= 4 is 40.8 Å². The first-order valence-corrected chi connectivity index (χ1v) is 11.7. The first kappa shape index (κ1) is 24.6. The molecule has 3 aromatic carbocycles. The van der Waals surface area contributed by atoms with E-state index in [-0.39, 0.29) is 12.5 Å². The smallest absolute Gasteiger partial charge is 0.262 e. The standard InChI is InChI=1S/C27H28ClN3O4/c1-19-3-5-22(6-4-19)30-26(32)18-35-27-24(28)15-20(16-25(27)33-2)17-29-21-7-9-23(10-8-21)31-11-13-34-14-12-31/h3-10,15-17H,11-14,18H2,1-2H3,(H,30,32). The monoisotopic (exact) mass is 493 g/mol. The van der Waals surface area contributed by atoms with Gasteiger partial charge in [-0.1, -0.05) is 29.3 Å². The fourth-order valence-corrected chi connectivity index (χ4v) is 3.92. The first-order chi connectivity index (χ1) is 17.0. The molecule has 0 aromatic heterocycles. The number of rotatable bonds is 8. The van der Waals surface area contributed by atoms with Crippen LogP contribution in [0.15, 0.2) is 65.7 Å². The number of hydrogen-bond acceptors (Lipinski definition) is 6. The van der Waals surface area contributed by atoms with E-state index >= 15 is 0 Å². The topological polar surface area (TPSA) is 72.4 Å². The second-order valence-electron chi connectivity index (χ2n) is 8.11. The first-order valence-electron chi connectivity index (χ1n) is 11.4. The molecule has 0 radical (unpaired) electrons. The molecule has 0 bridgehead atoms. The molecule has 35 heavy (non-hydrogen) atoms. The molecular formula is C27H28ClN3O4. The quantitative estimate of drug-likeness (QED) is 0.433. The summed E-state index contributed by atoms with van der Waals surface area (Å²) in [4.78, 5) is 19.1. The zero-order chi connectivity index (χ0) is 24.6. The van der Waals surface area contributed by atoms with Gasteiger partial charge in [-0.05, 0) is 61.0 Å². The SMILES string of the molecule is COc1cc(C=Nc2ccc(N3CCOCC3)cc2)cc(Cl)c1OCC(=O)Nc1ccc(C)cc1. The van der Waals surface area contributed by atoms with E-state index in [0.717, 1.165) is 48.8 Å². The van der Waals surface area contributed by atoms with Crippen molar-refractivity contribution in [3.05, 3.63) is 76.8 Å². The lowest BCUT2D eigenvalue weighted by atomic mass is 10.2. The van der Waals surface area contributed by atoms with Gasteiger partial charge in [0.15, 0.2) is 18.1 Å². The maximum absolute atomic E-state index is 12.3. The summed E-state index contributed by atoms with van der Waals surface area (Å²) in [6.07, 6.45) is 1.71. The average molecular weight is 494 g/mol. The van der Waals surface area contributed by atoms with Crippen LogP contribution < -0.4 is 19.7 Å². The predicted octanol–water partition coefficient (Wildman–Crippen LogP) is 5.26. The molecule has 1 aliphatic heterocycles. The molecule has 1 heterocycles. The number of methoxy groups -OCH3 is 1. The highest BCUT2D eigenvalue weighted by Crippen LogP contribution is 2.36. The summed E-state index contributed by atoms with van der Waals surface area (Å²) in [7, 11) is 1.52. The van der Waals surface area contributed by atoms with Crippen LogP contribution in [0.5, 0.6) is 11.5 Å². The lowest BCUT2D eigenvalue weighted by molar-refractivity contribution is -0.118. The van der Waals surface area contributed by atoms with Crippen molar-refractivity contribution in [2.24, 2.45) is 4.99 Å². The summed E-state index contributed by atoms with van der Waals surface area (Å²) in [6.45, 7) is 5.07. The van der Waals surface area contributed by atoms with Crippen LogP contribution in [0.4, 0.5) is 17.1 Å². The molecule has 8 heteroatoms. The summed E-state index contributed by atoms with van der Waals surface area (Å²) in [5.74, 6) is 0.433. The molecular weight excluding hydrogens is 466 g/mol. The Morgan fingerprint density at radius 1 is 1.11 bits per heavy atom. The number of nitrogens with zero attached hydrogens (tertiary/aromatic N) is 2. The van der Waals surface area contributed by atoms with Crippen molar-refractivity contribution in [3.8, 4) is 11.5 Å². The molecule has 1 fully saturated rings. The van der Waals surface area contributed by atoms with E-state index in [9.17, 15) is 4.79 Å². The van der Waals surface area contributed by atoms with E-state index in [2.05, 4.69) is 27.3 Å². The minimum absolute atomic E-state index is 0.202. The summed E-state index contributed by atoms with van der Waals surface area (Å²) in [5, 5.41) is 3.12. The molecule has 4 rings (SSSR count). The summed E-state index contributed by atoms with van der Waals surface area (Å²) < 4.78 is 16.5. The number of nitrogens with one attached hydrogen (secondary N) is 1. The number of benzene rings is 3. The van der Waals surface area contributed by atoms with Gasteiger partial charge in [0, 0.05) is 30.7 Å². The average Bonchev–Trinajstić information content (AvgIpc) is 2.88. The van der Waals surface area contributed by atoms with Crippen molar-refractivity contribution < 1.29 is 19.0 Å². The highest BCUT2D eigenvalue weighted by Gasteiger charge is 2.14. The third-order valence-corrected chi connectivity index (χ3v) is 5.80. The number of hydrogen-bond donors (Lipinski definition) is 1. The van der Waals surface area contributed by atoms with Crippen LogP contribution in [0.1, 0.15) is 11.1 Å². The molecule has 0 unspecified atom stereocenters. The molecule has 0 atom stereocenters. The Morgan fingerprint density at radius 2 is 1.83 bits per heavy atom. The van der Waals surface area contributed by atoms with E-state index in [0.29, 0.717) is 22.2 Å². The van der Waals surface area contributed by atoms with Crippen LogP contribution in [0.2, 0.25) is 5.02 Å². The Bertz CT molecular complexity index is 1170. The normalized spacial score (nSPS) is 13.6. The highest BCUT2D eigenvalue weighted by molar-refractivity contribution is 6.32. The van der Waals surface area contributed by atoms with Crippen LogP contribution in [-0.4, -0.2) is 52.1 Å². The zero-order valence-corrected chi connectivity index (χ0v) is 20.5. The minimum atomic E-state index is -0.293. The van der Waals surface area contributed by atoms with Gasteiger partial charge in [0.05, 0.1) is 31.0 Å². The van der Waals surface area contributed by atoms with Gasteiger partial charge in [-0.15, -0.1) is 0 Å². The number of carbonyl (C=O) groups is 1. The van der Waals surface area contributed by atoms with E-state index in [1.165, 1.54) is 7.11 Å². The maximum atomic E-state index is 12.3. The Hall–Kier alpha value is -3.55. The fourth-order valence-electron chi connectivity index (χ4n) is 3.65. The van der Waals surface area contributed by atoms with Crippen LogP contribution in [-0.2, 0) is 9.53 Å². The van der Waals surface area contributed by atoms with Crippen molar-refractivity contribution in [3.63, 3.8) is 0 Å². The number of carbonyl (C=O) groups excluding carboxylic acids is 1. The second kappa shape index (κ2) is 11.7.